The number of rotatable bonds is 1. The molecule has 0 amide bonds. The zero-order valence-corrected chi connectivity index (χ0v) is 8.10. The number of nitrogens with zero attached hydrogens (tertiary/aromatic N) is 2. The van der Waals surface area contributed by atoms with Crippen molar-refractivity contribution in [1.29, 1.82) is 5.26 Å². The Bertz CT molecular complexity index is 320. The van der Waals surface area contributed by atoms with Gasteiger partial charge in [-0.2, -0.15) is 5.26 Å². The van der Waals surface area contributed by atoms with Gasteiger partial charge in [0, 0.05) is 26.2 Å². The average Bonchev–Trinajstić information content (AvgIpc) is 2.67. The minimum atomic E-state index is 0.812. The maximum absolute atomic E-state index is 8.85. The molecule has 1 fully saturated rings. The summed E-state index contributed by atoms with van der Waals surface area (Å²) in [5, 5.41) is 15.3. The SMILES string of the molecule is N#Cc1ccsc1N1CCNCC1. The van der Waals surface area contributed by atoms with E-state index in [1.54, 1.807) is 11.3 Å². The first kappa shape index (κ1) is 8.54. The minimum absolute atomic E-state index is 0.812. The molecule has 68 valence electrons. The second kappa shape index (κ2) is 3.77. The van der Waals surface area contributed by atoms with Gasteiger partial charge < -0.3 is 10.2 Å². The maximum Gasteiger partial charge on any atom is 0.109 e. The van der Waals surface area contributed by atoms with Crippen LogP contribution >= 0.6 is 11.3 Å². The lowest BCUT2D eigenvalue weighted by Gasteiger charge is -2.28. The molecule has 0 atom stereocenters. The van der Waals surface area contributed by atoms with E-state index in [1.807, 2.05) is 11.4 Å². The van der Waals surface area contributed by atoms with Gasteiger partial charge in [-0.25, -0.2) is 0 Å². The van der Waals surface area contributed by atoms with Crippen LogP contribution in [0.2, 0.25) is 0 Å². The first-order valence-corrected chi connectivity index (χ1v) is 5.23. The summed E-state index contributed by atoms with van der Waals surface area (Å²) in [6.45, 7) is 4.05. The van der Waals surface area contributed by atoms with Crippen molar-refractivity contribution in [2.75, 3.05) is 31.1 Å². The van der Waals surface area contributed by atoms with Crippen LogP contribution in [0.4, 0.5) is 5.00 Å². The van der Waals surface area contributed by atoms with Crippen molar-refractivity contribution in [3.8, 4) is 6.07 Å². The van der Waals surface area contributed by atoms with Crippen LogP contribution in [0.15, 0.2) is 11.4 Å². The summed E-state index contributed by atoms with van der Waals surface area (Å²) < 4.78 is 0. The van der Waals surface area contributed by atoms with Gasteiger partial charge in [-0.05, 0) is 11.4 Å². The molecule has 1 saturated heterocycles. The summed E-state index contributed by atoms with van der Waals surface area (Å²) in [5.41, 5.74) is 0.812. The molecule has 1 N–H and O–H groups in total. The van der Waals surface area contributed by atoms with Crippen molar-refractivity contribution in [3.63, 3.8) is 0 Å². The van der Waals surface area contributed by atoms with E-state index < -0.39 is 0 Å². The predicted molar refractivity (Wildman–Crippen MR) is 54.1 cm³/mol. The molecule has 1 aliphatic rings. The monoisotopic (exact) mass is 193 g/mol. The number of thiophene rings is 1. The third kappa shape index (κ3) is 1.67. The smallest absolute Gasteiger partial charge is 0.109 e. The molecule has 1 aliphatic heterocycles. The number of piperazine rings is 1. The van der Waals surface area contributed by atoms with Gasteiger partial charge >= 0.3 is 0 Å². The first-order valence-electron chi connectivity index (χ1n) is 4.35. The average molecular weight is 193 g/mol. The van der Waals surface area contributed by atoms with E-state index in [4.69, 9.17) is 5.26 Å². The normalized spacial score (nSPS) is 17.0. The maximum atomic E-state index is 8.85. The summed E-state index contributed by atoms with van der Waals surface area (Å²) >= 11 is 1.66. The van der Waals surface area contributed by atoms with Crippen LogP contribution in [0.1, 0.15) is 5.56 Å². The Morgan fingerprint density at radius 2 is 2.23 bits per heavy atom. The fraction of sp³-hybridized carbons (Fsp3) is 0.444. The second-order valence-electron chi connectivity index (χ2n) is 2.99. The third-order valence-corrected chi connectivity index (χ3v) is 3.14. The van der Waals surface area contributed by atoms with E-state index in [0.29, 0.717) is 0 Å². The molecule has 1 aromatic rings. The quantitative estimate of drug-likeness (QED) is 0.724. The topological polar surface area (TPSA) is 39.1 Å². The van der Waals surface area contributed by atoms with E-state index in [0.717, 1.165) is 36.7 Å². The molecule has 0 radical (unpaired) electrons. The van der Waals surface area contributed by atoms with Crippen LogP contribution in [0, 0.1) is 11.3 Å². The lowest BCUT2D eigenvalue weighted by molar-refractivity contribution is 0.591. The van der Waals surface area contributed by atoms with Crippen LogP contribution in [0.3, 0.4) is 0 Å². The summed E-state index contributed by atoms with van der Waals surface area (Å²) in [5.74, 6) is 0. The highest BCUT2D eigenvalue weighted by Gasteiger charge is 2.14. The van der Waals surface area contributed by atoms with Crippen LogP contribution in [-0.4, -0.2) is 26.2 Å². The van der Waals surface area contributed by atoms with Gasteiger partial charge in [-0.3, -0.25) is 0 Å². The molecule has 0 aromatic carbocycles. The molecule has 13 heavy (non-hydrogen) atoms. The zero-order chi connectivity index (χ0) is 9.10. The number of hydrogen-bond donors (Lipinski definition) is 1. The van der Waals surface area contributed by atoms with E-state index in [1.165, 1.54) is 0 Å². The minimum Gasteiger partial charge on any atom is -0.360 e. The van der Waals surface area contributed by atoms with Crippen LogP contribution < -0.4 is 10.2 Å². The Balaban J connectivity index is 2.19. The Labute approximate surface area is 81.6 Å². The van der Waals surface area contributed by atoms with Gasteiger partial charge in [0.15, 0.2) is 0 Å². The third-order valence-electron chi connectivity index (χ3n) is 2.17. The zero-order valence-electron chi connectivity index (χ0n) is 7.29. The van der Waals surface area contributed by atoms with Gasteiger partial charge in [-0.15, -0.1) is 11.3 Å². The van der Waals surface area contributed by atoms with E-state index in [-0.39, 0.29) is 0 Å². The molecule has 1 aromatic heterocycles. The molecule has 0 aliphatic carbocycles. The van der Waals surface area contributed by atoms with Crippen molar-refractivity contribution >= 4 is 16.3 Å². The fourth-order valence-electron chi connectivity index (χ4n) is 1.50. The van der Waals surface area contributed by atoms with Gasteiger partial charge in [0.05, 0.1) is 5.56 Å². The number of nitrogens with one attached hydrogen (secondary N) is 1. The highest BCUT2D eigenvalue weighted by molar-refractivity contribution is 7.14. The summed E-state index contributed by atoms with van der Waals surface area (Å²) in [4.78, 5) is 2.28. The predicted octanol–water partition coefficient (Wildman–Crippen LogP) is 1.03. The van der Waals surface area contributed by atoms with Crippen molar-refractivity contribution in [2.45, 2.75) is 0 Å². The van der Waals surface area contributed by atoms with E-state index in [2.05, 4.69) is 16.3 Å². The van der Waals surface area contributed by atoms with Crippen molar-refractivity contribution in [3.05, 3.63) is 17.0 Å². The summed E-state index contributed by atoms with van der Waals surface area (Å²) in [6.07, 6.45) is 0. The molecule has 4 heteroatoms. The van der Waals surface area contributed by atoms with Crippen molar-refractivity contribution in [2.24, 2.45) is 0 Å². The lowest BCUT2D eigenvalue weighted by Crippen LogP contribution is -2.43. The molecule has 0 spiro atoms. The van der Waals surface area contributed by atoms with Gasteiger partial charge in [-0.1, -0.05) is 0 Å². The fourth-order valence-corrected chi connectivity index (χ4v) is 2.40. The molecule has 0 saturated carbocycles. The molecule has 2 rings (SSSR count). The Morgan fingerprint density at radius 1 is 1.46 bits per heavy atom. The highest BCUT2D eigenvalue weighted by Crippen LogP contribution is 2.26. The lowest BCUT2D eigenvalue weighted by atomic mass is 10.3. The molecule has 2 heterocycles. The molecular formula is C9H11N3S. The molecular weight excluding hydrogens is 182 g/mol. The number of anilines is 1. The number of nitriles is 1. The molecule has 0 unspecified atom stereocenters. The van der Waals surface area contributed by atoms with E-state index >= 15 is 0 Å². The van der Waals surface area contributed by atoms with Crippen molar-refractivity contribution in [1.82, 2.24) is 5.32 Å². The standard InChI is InChI=1S/C9H11N3S/c10-7-8-1-6-13-9(8)12-4-2-11-3-5-12/h1,6,11H,2-5H2. The Kier molecular flexibility index (Phi) is 2.48. The van der Waals surface area contributed by atoms with Crippen molar-refractivity contribution < 1.29 is 0 Å². The summed E-state index contributed by atoms with van der Waals surface area (Å²) in [6, 6.07) is 4.11. The first-order chi connectivity index (χ1) is 6.42. The largest absolute Gasteiger partial charge is 0.360 e. The van der Waals surface area contributed by atoms with Crippen LogP contribution in [0.25, 0.3) is 0 Å². The van der Waals surface area contributed by atoms with Gasteiger partial charge in [0.25, 0.3) is 0 Å². The number of hydrogen-bond acceptors (Lipinski definition) is 4. The summed E-state index contributed by atoms with van der Waals surface area (Å²) in [7, 11) is 0. The Hall–Kier alpha value is -1.05. The van der Waals surface area contributed by atoms with E-state index in [9.17, 15) is 0 Å². The van der Waals surface area contributed by atoms with Crippen LogP contribution in [0.5, 0.6) is 0 Å². The highest BCUT2D eigenvalue weighted by atomic mass is 32.1. The van der Waals surface area contributed by atoms with Gasteiger partial charge in [0.2, 0.25) is 0 Å². The van der Waals surface area contributed by atoms with Crippen LogP contribution in [-0.2, 0) is 0 Å². The molecule has 0 bridgehead atoms. The molecule has 3 nitrogen and oxygen atoms in total. The second-order valence-corrected chi connectivity index (χ2v) is 3.88. The van der Waals surface area contributed by atoms with Gasteiger partial charge in [0.1, 0.15) is 11.1 Å². The Morgan fingerprint density at radius 3 is 2.92 bits per heavy atom.